The van der Waals surface area contributed by atoms with Crippen molar-refractivity contribution in [2.24, 2.45) is 0 Å². The van der Waals surface area contributed by atoms with Crippen molar-refractivity contribution in [3.8, 4) is 0 Å². The van der Waals surface area contributed by atoms with Crippen LogP contribution in [0.5, 0.6) is 0 Å². The lowest BCUT2D eigenvalue weighted by Gasteiger charge is -2.10. The lowest BCUT2D eigenvalue weighted by atomic mass is 10.1. The van der Waals surface area contributed by atoms with Crippen molar-refractivity contribution in [3.05, 3.63) is 64.7 Å². The molecule has 0 saturated heterocycles. The molecule has 0 radical (unpaired) electrons. The van der Waals surface area contributed by atoms with Gasteiger partial charge in [-0.15, -0.1) is 11.8 Å². The summed E-state index contributed by atoms with van der Waals surface area (Å²) < 4.78 is 0. The van der Waals surface area contributed by atoms with Gasteiger partial charge < -0.3 is 5.32 Å². The first-order chi connectivity index (χ1) is 10.2. The van der Waals surface area contributed by atoms with Gasteiger partial charge >= 0.3 is 0 Å². The Labute approximate surface area is 132 Å². The van der Waals surface area contributed by atoms with Crippen LogP contribution in [0.2, 0.25) is 0 Å². The number of hydrogen-bond acceptors (Lipinski definition) is 2. The van der Waals surface area contributed by atoms with Crippen LogP contribution in [0.4, 0.5) is 0 Å². The predicted molar refractivity (Wildman–Crippen MR) is 91.8 cm³/mol. The van der Waals surface area contributed by atoms with E-state index in [2.05, 4.69) is 61.6 Å². The van der Waals surface area contributed by atoms with Crippen molar-refractivity contribution in [3.63, 3.8) is 0 Å². The molecule has 1 aliphatic rings. The Morgan fingerprint density at radius 2 is 1.76 bits per heavy atom. The van der Waals surface area contributed by atoms with Gasteiger partial charge in [-0.3, -0.25) is 0 Å². The maximum absolute atomic E-state index is 3.58. The summed E-state index contributed by atoms with van der Waals surface area (Å²) in [7, 11) is 0. The standard InChI is InChI=1S/C19H23NS/c1-14-5-3-6-15(2)19(14)13-21-18-8-4-7-16(11-18)12-20-17-9-10-17/h3-8,11,17,20H,9-10,12-13H2,1-2H3. The van der Waals surface area contributed by atoms with E-state index in [-0.39, 0.29) is 0 Å². The molecule has 0 spiro atoms. The molecule has 0 aliphatic heterocycles. The second-order valence-corrected chi connectivity index (χ2v) is 7.01. The van der Waals surface area contributed by atoms with Crippen LogP contribution in [0.3, 0.4) is 0 Å². The van der Waals surface area contributed by atoms with Crippen molar-refractivity contribution in [1.82, 2.24) is 5.32 Å². The second kappa shape index (κ2) is 6.67. The quantitative estimate of drug-likeness (QED) is 0.765. The molecule has 2 aromatic carbocycles. The smallest absolute Gasteiger partial charge is 0.0237 e. The molecule has 1 aliphatic carbocycles. The van der Waals surface area contributed by atoms with E-state index in [1.54, 1.807) is 0 Å². The summed E-state index contributed by atoms with van der Waals surface area (Å²) >= 11 is 1.94. The minimum atomic E-state index is 0.774. The van der Waals surface area contributed by atoms with Gasteiger partial charge in [-0.05, 0) is 61.1 Å². The first-order valence-corrected chi connectivity index (χ1v) is 8.71. The number of aryl methyl sites for hydroxylation is 2. The average Bonchev–Trinajstić information content (AvgIpc) is 3.29. The number of hydrogen-bond donors (Lipinski definition) is 1. The molecule has 21 heavy (non-hydrogen) atoms. The van der Waals surface area contributed by atoms with E-state index in [1.165, 1.54) is 40.0 Å². The van der Waals surface area contributed by atoms with E-state index >= 15 is 0 Å². The lowest BCUT2D eigenvalue weighted by molar-refractivity contribution is 0.687. The molecule has 0 heterocycles. The van der Waals surface area contributed by atoms with Gasteiger partial charge in [0.2, 0.25) is 0 Å². The molecular weight excluding hydrogens is 274 g/mol. The van der Waals surface area contributed by atoms with Crippen LogP contribution in [-0.2, 0) is 12.3 Å². The minimum absolute atomic E-state index is 0.774. The van der Waals surface area contributed by atoms with Crippen LogP contribution in [0.25, 0.3) is 0 Å². The zero-order valence-electron chi connectivity index (χ0n) is 12.9. The number of rotatable bonds is 6. The van der Waals surface area contributed by atoms with E-state index in [0.29, 0.717) is 0 Å². The normalized spacial score (nSPS) is 14.4. The van der Waals surface area contributed by atoms with Crippen molar-refractivity contribution >= 4 is 11.8 Å². The van der Waals surface area contributed by atoms with Gasteiger partial charge in [-0.1, -0.05) is 30.3 Å². The summed E-state index contributed by atoms with van der Waals surface area (Å²) in [6, 6.07) is 16.3. The molecule has 0 atom stereocenters. The Kier molecular flexibility index (Phi) is 4.67. The Bertz CT molecular complexity index is 596. The van der Waals surface area contributed by atoms with Gasteiger partial charge in [-0.25, -0.2) is 0 Å². The fourth-order valence-electron chi connectivity index (χ4n) is 2.53. The fraction of sp³-hybridized carbons (Fsp3) is 0.368. The average molecular weight is 297 g/mol. The highest BCUT2D eigenvalue weighted by molar-refractivity contribution is 7.98. The van der Waals surface area contributed by atoms with Crippen LogP contribution < -0.4 is 5.32 Å². The molecule has 2 aromatic rings. The summed E-state index contributed by atoms with van der Waals surface area (Å²) in [5.41, 5.74) is 5.67. The third-order valence-electron chi connectivity index (χ3n) is 4.10. The van der Waals surface area contributed by atoms with E-state index in [9.17, 15) is 0 Å². The van der Waals surface area contributed by atoms with Crippen molar-refractivity contribution < 1.29 is 0 Å². The van der Waals surface area contributed by atoms with Crippen LogP contribution in [0, 0.1) is 13.8 Å². The molecule has 1 nitrogen and oxygen atoms in total. The maximum Gasteiger partial charge on any atom is 0.0237 e. The number of nitrogens with one attached hydrogen (secondary N) is 1. The summed E-state index contributed by atoms with van der Waals surface area (Å²) in [6.07, 6.45) is 2.70. The molecule has 0 unspecified atom stereocenters. The van der Waals surface area contributed by atoms with Crippen LogP contribution in [0.15, 0.2) is 47.4 Å². The summed E-state index contributed by atoms with van der Waals surface area (Å²) in [6.45, 7) is 5.42. The van der Waals surface area contributed by atoms with E-state index < -0.39 is 0 Å². The fourth-order valence-corrected chi connectivity index (χ4v) is 3.70. The Morgan fingerprint density at radius 3 is 2.48 bits per heavy atom. The molecular formula is C19H23NS. The summed E-state index contributed by atoms with van der Waals surface area (Å²) in [5, 5.41) is 3.58. The number of benzene rings is 2. The molecule has 3 rings (SSSR count). The third-order valence-corrected chi connectivity index (χ3v) is 5.12. The highest BCUT2D eigenvalue weighted by Crippen LogP contribution is 2.27. The van der Waals surface area contributed by atoms with Crippen molar-refractivity contribution in [2.75, 3.05) is 0 Å². The highest BCUT2D eigenvalue weighted by atomic mass is 32.2. The van der Waals surface area contributed by atoms with E-state index in [4.69, 9.17) is 0 Å². The summed E-state index contributed by atoms with van der Waals surface area (Å²) in [4.78, 5) is 1.37. The molecule has 2 heteroatoms. The van der Waals surface area contributed by atoms with E-state index in [1.807, 2.05) is 11.8 Å². The minimum Gasteiger partial charge on any atom is -0.310 e. The van der Waals surface area contributed by atoms with Gasteiger partial charge in [0, 0.05) is 23.2 Å². The zero-order chi connectivity index (χ0) is 14.7. The molecule has 1 N–H and O–H groups in total. The van der Waals surface area contributed by atoms with Crippen molar-refractivity contribution in [2.45, 2.75) is 49.9 Å². The first kappa shape index (κ1) is 14.7. The monoisotopic (exact) mass is 297 g/mol. The van der Waals surface area contributed by atoms with Gasteiger partial charge in [0.05, 0.1) is 0 Å². The van der Waals surface area contributed by atoms with Crippen LogP contribution in [-0.4, -0.2) is 6.04 Å². The van der Waals surface area contributed by atoms with Gasteiger partial charge in [0.25, 0.3) is 0 Å². The molecule has 0 bridgehead atoms. The SMILES string of the molecule is Cc1cccc(C)c1CSc1cccc(CNC2CC2)c1. The largest absolute Gasteiger partial charge is 0.310 e. The van der Waals surface area contributed by atoms with Gasteiger partial charge in [0.15, 0.2) is 0 Å². The second-order valence-electron chi connectivity index (χ2n) is 5.96. The van der Waals surface area contributed by atoms with Crippen molar-refractivity contribution in [1.29, 1.82) is 0 Å². The first-order valence-electron chi connectivity index (χ1n) is 7.72. The zero-order valence-corrected chi connectivity index (χ0v) is 13.7. The Balaban J connectivity index is 1.63. The third kappa shape index (κ3) is 4.12. The predicted octanol–water partition coefficient (Wildman–Crippen LogP) is 4.85. The van der Waals surface area contributed by atoms with Crippen LogP contribution in [0.1, 0.15) is 35.1 Å². The Hall–Kier alpha value is -1.25. The molecule has 0 amide bonds. The lowest BCUT2D eigenvalue weighted by Crippen LogP contribution is -2.15. The summed E-state index contributed by atoms with van der Waals surface area (Å²) in [5.74, 6) is 1.05. The molecule has 1 saturated carbocycles. The highest BCUT2D eigenvalue weighted by Gasteiger charge is 2.19. The topological polar surface area (TPSA) is 12.0 Å². The van der Waals surface area contributed by atoms with Crippen LogP contribution >= 0.6 is 11.8 Å². The molecule has 1 fully saturated rings. The Morgan fingerprint density at radius 1 is 1.05 bits per heavy atom. The maximum atomic E-state index is 3.58. The van der Waals surface area contributed by atoms with E-state index in [0.717, 1.165) is 18.3 Å². The van der Waals surface area contributed by atoms with Gasteiger partial charge in [0.1, 0.15) is 0 Å². The number of thioether (sulfide) groups is 1. The molecule has 0 aromatic heterocycles. The van der Waals surface area contributed by atoms with Gasteiger partial charge in [-0.2, -0.15) is 0 Å². The molecule has 110 valence electrons.